The van der Waals surface area contributed by atoms with E-state index < -0.39 is 33.6 Å². The summed E-state index contributed by atoms with van der Waals surface area (Å²) < 4.78 is 0. The number of benzene rings is 1. The second-order valence-corrected chi connectivity index (χ2v) is 13.3. The first-order chi connectivity index (χ1) is 17.9. The Morgan fingerprint density at radius 2 is 1.87 bits per heavy atom. The van der Waals surface area contributed by atoms with Crippen LogP contribution in [0.4, 0.5) is 11.4 Å². The fourth-order valence-electron chi connectivity index (χ4n) is 9.96. The molecule has 7 rings (SSSR count). The van der Waals surface area contributed by atoms with Crippen molar-refractivity contribution in [2.24, 2.45) is 51.8 Å². The summed E-state index contributed by atoms with van der Waals surface area (Å²) in [5, 5.41) is 21.7. The minimum atomic E-state index is -0.792. The molecule has 8 atom stereocenters. The van der Waals surface area contributed by atoms with Crippen LogP contribution in [-0.2, 0) is 14.4 Å². The predicted octanol–water partition coefficient (Wildman–Crippen LogP) is 5.61. The van der Waals surface area contributed by atoms with E-state index in [1.54, 1.807) is 6.07 Å². The molecule has 2 amide bonds. The smallest absolute Gasteiger partial charge is 0.309 e. The maximum atomic E-state index is 14.3. The molecule has 1 aromatic carbocycles. The molecule has 1 N–H and O–H groups in total. The van der Waals surface area contributed by atoms with Gasteiger partial charge in [0.1, 0.15) is 0 Å². The summed E-state index contributed by atoms with van der Waals surface area (Å²) in [6.45, 7) is 8.44. The topological polar surface area (TPSA) is 118 Å². The number of carboxylic acid groups (broad SMARTS) is 1. The Morgan fingerprint density at radius 1 is 1.13 bits per heavy atom. The number of non-ortho nitro benzene ring substituents is 1. The molecule has 6 aliphatic rings. The molecule has 1 heterocycles. The third kappa shape index (κ3) is 3.00. The fraction of sp³-hybridized carbons (Fsp3) is 0.633. The zero-order chi connectivity index (χ0) is 27.4. The Labute approximate surface area is 222 Å². The van der Waals surface area contributed by atoms with Gasteiger partial charge in [0.15, 0.2) is 0 Å². The molecule has 0 radical (unpaired) electrons. The van der Waals surface area contributed by atoms with Crippen molar-refractivity contribution in [1.82, 2.24) is 0 Å². The molecule has 0 unspecified atom stereocenters. The molecule has 2 bridgehead atoms. The number of fused-ring (bicyclic) bond motifs is 1. The largest absolute Gasteiger partial charge is 0.481 e. The Balaban J connectivity index is 1.48. The van der Waals surface area contributed by atoms with E-state index in [4.69, 9.17) is 0 Å². The zero-order valence-corrected chi connectivity index (χ0v) is 22.5. The van der Waals surface area contributed by atoms with E-state index >= 15 is 0 Å². The van der Waals surface area contributed by atoms with E-state index in [2.05, 4.69) is 26.8 Å². The van der Waals surface area contributed by atoms with Gasteiger partial charge in [0.25, 0.3) is 5.69 Å². The Hall–Kier alpha value is -3.03. The summed E-state index contributed by atoms with van der Waals surface area (Å²) in [7, 11) is 0. The van der Waals surface area contributed by atoms with Gasteiger partial charge in [-0.1, -0.05) is 44.9 Å². The number of allylic oxidation sites excluding steroid dienone is 2. The number of anilines is 1. The highest BCUT2D eigenvalue weighted by Gasteiger charge is 2.73. The number of carboxylic acids is 1. The third-order valence-corrected chi connectivity index (χ3v) is 11.5. The van der Waals surface area contributed by atoms with E-state index in [0.29, 0.717) is 19.3 Å². The number of nitro benzene ring substituents is 1. The maximum Gasteiger partial charge on any atom is 0.309 e. The number of carbonyl (C=O) groups is 3. The monoisotopic (exact) mass is 520 g/mol. The van der Waals surface area contributed by atoms with Gasteiger partial charge in [0.2, 0.25) is 11.8 Å². The van der Waals surface area contributed by atoms with Crippen LogP contribution in [0.5, 0.6) is 0 Å². The number of aliphatic carboxylic acids is 1. The lowest BCUT2D eigenvalue weighted by atomic mass is 9.34. The molecule has 1 aliphatic heterocycles. The van der Waals surface area contributed by atoms with E-state index in [1.165, 1.54) is 28.7 Å². The molecular formula is C30H36N2O6. The maximum absolute atomic E-state index is 14.3. The zero-order valence-electron chi connectivity index (χ0n) is 22.5. The fourth-order valence-corrected chi connectivity index (χ4v) is 9.96. The Morgan fingerprint density at radius 3 is 2.53 bits per heavy atom. The minimum absolute atomic E-state index is 0.0191. The van der Waals surface area contributed by atoms with Gasteiger partial charge >= 0.3 is 5.97 Å². The van der Waals surface area contributed by atoms with Crippen LogP contribution < -0.4 is 4.90 Å². The van der Waals surface area contributed by atoms with Crippen LogP contribution >= 0.6 is 0 Å². The van der Waals surface area contributed by atoms with Gasteiger partial charge in [-0.25, -0.2) is 4.90 Å². The number of imide groups is 1. The number of hydrogen-bond acceptors (Lipinski definition) is 5. The summed E-state index contributed by atoms with van der Waals surface area (Å²) in [5.74, 6) is -1.95. The molecule has 0 aromatic heterocycles. The summed E-state index contributed by atoms with van der Waals surface area (Å²) >= 11 is 0. The van der Waals surface area contributed by atoms with Crippen LogP contribution in [0.1, 0.15) is 66.2 Å². The summed E-state index contributed by atoms with van der Waals surface area (Å²) in [6.07, 6.45) is 6.97. The molecule has 1 saturated heterocycles. The standard InChI is InChI=1S/C30H36N2O6/c1-16(2)20-15-30-12-9-21-28(3,10-6-11-29(21,4)27(35)36)22(30)14-19(20)23-24(30)26(34)31(25(23)33)17-7-5-8-18(13-17)32(37)38/h5,7-8,13,15-16,19,21-24H,6,9-12,14H2,1-4H3,(H,35,36)/t19-,21+,22-,23+,24+,28-,29+,30+/m0/s1. The predicted molar refractivity (Wildman–Crippen MR) is 140 cm³/mol. The lowest BCUT2D eigenvalue weighted by Crippen LogP contribution is -2.65. The van der Waals surface area contributed by atoms with Crippen LogP contribution in [0.15, 0.2) is 35.9 Å². The molecular weight excluding hydrogens is 484 g/mol. The van der Waals surface area contributed by atoms with Crippen LogP contribution in [0.2, 0.25) is 0 Å². The van der Waals surface area contributed by atoms with Crippen molar-refractivity contribution in [2.75, 3.05) is 4.90 Å². The van der Waals surface area contributed by atoms with E-state index in [9.17, 15) is 29.6 Å². The number of rotatable bonds is 4. The van der Waals surface area contributed by atoms with Gasteiger partial charge < -0.3 is 5.11 Å². The average Bonchev–Trinajstić information content (AvgIpc) is 3.15. The summed E-state index contributed by atoms with van der Waals surface area (Å²) in [5.41, 5.74) is -0.195. The number of amides is 2. The highest BCUT2D eigenvalue weighted by Crippen LogP contribution is 2.74. The van der Waals surface area contributed by atoms with E-state index in [-0.39, 0.29) is 52.3 Å². The van der Waals surface area contributed by atoms with Crippen molar-refractivity contribution in [3.63, 3.8) is 0 Å². The second-order valence-electron chi connectivity index (χ2n) is 13.3. The van der Waals surface area contributed by atoms with Crippen molar-refractivity contribution >= 4 is 29.2 Å². The van der Waals surface area contributed by atoms with Crippen molar-refractivity contribution in [1.29, 1.82) is 0 Å². The number of nitro groups is 1. The highest BCUT2D eigenvalue weighted by atomic mass is 16.6. The molecule has 202 valence electrons. The SMILES string of the molecule is CC(C)C1=C[C@]23CC[C@@H]4[C@](C)(CCC[C@@]4(C)C(=O)O)[C@@H]2C[C@@H]1[C@H]1C(=O)N(c2cccc([N+](=O)[O-])c2)C(=O)[C@@H]13. The van der Waals surface area contributed by atoms with Crippen LogP contribution in [0, 0.1) is 61.9 Å². The molecule has 8 nitrogen and oxygen atoms in total. The minimum Gasteiger partial charge on any atom is -0.481 e. The van der Waals surface area contributed by atoms with Gasteiger partial charge in [-0.3, -0.25) is 24.5 Å². The van der Waals surface area contributed by atoms with Crippen molar-refractivity contribution in [3.05, 3.63) is 46.0 Å². The second kappa shape index (κ2) is 7.99. The van der Waals surface area contributed by atoms with Gasteiger partial charge in [0.05, 0.1) is 27.9 Å². The Bertz CT molecular complexity index is 1300. The van der Waals surface area contributed by atoms with Gasteiger partial charge in [-0.05, 0) is 74.2 Å². The molecule has 38 heavy (non-hydrogen) atoms. The lowest BCUT2D eigenvalue weighted by Gasteiger charge is -2.68. The molecule has 1 spiro atoms. The van der Waals surface area contributed by atoms with Crippen LogP contribution in [0.3, 0.4) is 0 Å². The van der Waals surface area contributed by atoms with E-state index in [0.717, 1.165) is 19.3 Å². The van der Waals surface area contributed by atoms with E-state index in [1.807, 2.05) is 6.92 Å². The quantitative estimate of drug-likeness (QED) is 0.239. The van der Waals surface area contributed by atoms with Crippen molar-refractivity contribution < 1.29 is 24.4 Å². The molecule has 1 aromatic rings. The normalized spacial score (nSPS) is 41.4. The first-order valence-corrected chi connectivity index (χ1v) is 13.9. The lowest BCUT2D eigenvalue weighted by molar-refractivity contribution is -0.384. The van der Waals surface area contributed by atoms with Gasteiger partial charge in [-0.15, -0.1) is 0 Å². The Kier molecular flexibility index (Phi) is 5.31. The first-order valence-electron chi connectivity index (χ1n) is 13.9. The highest BCUT2D eigenvalue weighted by molar-refractivity contribution is 6.23. The van der Waals surface area contributed by atoms with Crippen molar-refractivity contribution in [2.45, 2.75) is 66.2 Å². The number of hydrogen-bond donors (Lipinski definition) is 1. The number of carbonyl (C=O) groups excluding carboxylic acids is 2. The summed E-state index contributed by atoms with van der Waals surface area (Å²) in [4.78, 5) is 53.0. The first kappa shape index (κ1) is 25.3. The van der Waals surface area contributed by atoms with Crippen LogP contribution in [-0.4, -0.2) is 27.8 Å². The molecule has 5 aliphatic carbocycles. The van der Waals surface area contributed by atoms with Gasteiger partial charge in [0, 0.05) is 17.5 Å². The summed E-state index contributed by atoms with van der Waals surface area (Å²) in [6, 6.07) is 5.80. The van der Waals surface area contributed by atoms with Crippen molar-refractivity contribution in [3.8, 4) is 0 Å². The third-order valence-electron chi connectivity index (χ3n) is 11.5. The van der Waals surface area contributed by atoms with Gasteiger partial charge in [-0.2, -0.15) is 0 Å². The number of nitrogens with zero attached hydrogens (tertiary/aromatic N) is 2. The average molecular weight is 521 g/mol. The van der Waals surface area contributed by atoms with Crippen LogP contribution in [0.25, 0.3) is 0 Å². The molecule has 4 fully saturated rings. The molecule has 3 saturated carbocycles. The molecule has 8 heteroatoms.